The summed E-state index contributed by atoms with van der Waals surface area (Å²) in [7, 11) is 0. The fraction of sp³-hybridized carbons (Fsp3) is 0.300. The second-order valence-corrected chi connectivity index (χ2v) is 6.87. The molecule has 0 unspecified atom stereocenters. The molecule has 1 amide bonds. The van der Waals surface area contributed by atoms with Gasteiger partial charge in [-0.25, -0.2) is 0 Å². The molecule has 2 atom stereocenters. The van der Waals surface area contributed by atoms with Gasteiger partial charge in [0.1, 0.15) is 6.04 Å². The maximum Gasteiger partial charge on any atom is 0.320 e. The van der Waals surface area contributed by atoms with Crippen LogP contribution in [0.3, 0.4) is 0 Å². The number of aliphatic carboxylic acids is 1. The van der Waals surface area contributed by atoms with E-state index in [1.165, 1.54) is 0 Å². The van der Waals surface area contributed by atoms with E-state index in [2.05, 4.69) is 5.32 Å². The number of benzene rings is 2. The molecule has 0 spiro atoms. The lowest BCUT2D eigenvalue weighted by Crippen LogP contribution is -2.43. The zero-order chi connectivity index (χ0) is 18.5. The Labute approximate surface area is 157 Å². The average Bonchev–Trinajstić information content (AvgIpc) is 3.09. The number of carbonyl (C=O) groups excluding carboxylic acids is 1. The number of carbonyl (C=O) groups is 2. The van der Waals surface area contributed by atoms with Crippen molar-refractivity contribution < 1.29 is 14.7 Å². The van der Waals surface area contributed by atoms with Crippen molar-refractivity contribution in [1.82, 2.24) is 10.2 Å². The molecule has 0 saturated carbocycles. The first-order valence-corrected chi connectivity index (χ1v) is 8.99. The van der Waals surface area contributed by atoms with Crippen LogP contribution in [0.1, 0.15) is 30.0 Å². The number of carboxylic acids is 1. The van der Waals surface area contributed by atoms with Crippen molar-refractivity contribution in [2.45, 2.75) is 24.9 Å². The number of hydrogen-bond donors (Lipinski definition) is 2. The van der Waals surface area contributed by atoms with Crippen LogP contribution in [0.25, 0.3) is 0 Å². The van der Waals surface area contributed by atoms with E-state index in [0.29, 0.717) is 18.0 Å². The molecular weight excluding hydrogens is 352 g/mol. The number of carboxylic acid groups (broad SMARTS) is 1. The summed E-state index contributed by atoms with van der Waals surface area (Å²) in [5.74, 6) is -1.07. The third kappa shape index (κ3) is 4.42. The third-order valence-corrected chi connectivity index (χ3v) is 4.85. The summed E-state index contributed by atoms with van der Waals surface area (Å²) >= 11 is 6.12. The van der Waals surface area contributed by atoms with Gasteiger partial charge in [-0.1, -0.05) is 54.1 Å². The maximum atomic E-state index is 12.6. The van der Waals surface area contributed by atoms with E-state index in [-0.39, 0.29) is 18.5 Å². The van der Waals surface area contributed by atoms with Crippen LogP contribution in [-0.2, 0) is 9.59 Å². The molecule has 2 N–H and O–H groups in total. The molecule has 1 heterocycles. The minimum absolute atomic E-state index is 0.0703. The second kappa shape index (κ2) is 8.34. The number of nitrogens with zero attached hydrogens (tertiary/aromatic N) is 1. The molecule has 6 heteroatoms. The number of amides is 1. The van der Waals surface area contributed by atoms with Crippen LogP contribution in [-0.4, -0.2) is 41.0 Å². The molecule has 1 fully saturated rings. The number of hydrogen-bond acceptors (Lipinski definition) is 3. The van der Waals surface area contributed by atoms with Crippen molar-refractivity contribution in [3.63, 3.8) is 0 Å². The van der Waals surface area contributed by atoms with Gasteiger partial charge in [-0.05, 0) is 42.6 Å². The highest BCUT2D eigenvalue weighted by Gasteiger charge is 2.32. The SMILES string of the molecule is O=C(CN1CCC[C@@H]1C(=O)O)N[C@@H](c1ccccc1)c1cccc(Cl)c1. The average molecular weight is 373 g/mol. The van der Waals surface area contributed by atoms with Gasteiger partial charge in [0.2, 0.25) is 5.91 Å². The van der Waals surface area contributed by atoms with Gasteiger partial charge in [0.05, 0.1) is 12.6 Å². The van der Waals surface area contributed by atoms with Gasteiger partial charge in [0.15, 0.2) is 0 Å². The van der Waals surface area contributed by atoms with Crippen molar-refractivity contribution in [3.8, 4) is 0 Å². The lowest BCUT2D eigenvalue weighted by molar-refractivity contribution is -0.142. The highest BCUT2D eigenvalue weighted by atomic mass is 35.5. The van der Waals surface area contributed by atoms with Crippen molar-refractivity contribution in [2.75, 3.05) is 13.1 Å². The number of likely N-dealkylation sites (tertiary alicyclic amines) is 1. The summed E-state index contributed by atoms with van der Waals surface area (Å²) in [6.45, 7) is 0.693. The first kappa shape index (κ1) is 18.4. The quantitative estimate of drug-likeness (QED) is 0.817. The molecule has 0 radical (unpaired) electrons. The Morgan fingerprint density at radius 2 is 1.88 bits per heavy atom. The van der Waals surface area contributed by atoms with Crippen molar-refractivity contribution >= 4 is 23.5 Å². The number of nitrogens with one attached hydrogen (secondary N) is 1. The normalized spacial score (nSPS) is 18.4. The fourth-order valence-corrected chi connectivity index (χ4v) is 3.58. The van der Waals surface area contributed by atoms with Crippen LogP contribution in [0.5, 0.6) is 0 Å². The van der Waals surface area contributed by atoms with Gasteiger partial charge in [-0.2, -0.15) is 0 Å². The van der Waals surface area contributed by atoms with Crippen molar-refractivity contribution in [1.29, 1.82) is 0 Å². The first-order valence-electron chi connectivity index (χ1n) is 8.61. The summed E-state index contributed by atoms with van der Waals surface area (Å²) in [6, 6.07) is 16.1. The number of rotatable bonds is 6. The molecule has 2 aromatic carbocycles. The molecule has 136 valence electrons. The Morgan fingerprint density at radius 3 is 2.58 bits per heavy atom. The minimum Gasteiger partial charge on any atom is -0.480 e. The lowest BCUT2D eigenvalue weighted by atomic mass is 9.98. The largest absolute Gasteiger partial charge is 0.480 e. The predicted molar refractivity (Wildman–Crippen MR) is 100 cm³/mol. The van der Waals surface area contributed by atoms with Gasteiger partial charge >= 0.3 is 5.97 Å². The molecule has 0 bridgehead atoms. The van der Waals surface area contributed by atoms with E-state index in [4.69, 9.17) is 11.6 Å². The molecular formula is C20H21ClN2O3. The maximum absolute atomic E-state index is 12.6. The minimum atomic E-state index is -0.871. The van der Waals surface area contributed by atoms with Crippen LogP contribution in [0, 0.1) is 0 Å². The van der Waals surface area contributed by atoms with Gasteiger partial charge < -0.3 is 10.4 Å². The molecule has 0 aliphatic carbocycles. The summed E-state index contributed by atoms with van der Waals surface area (Å²) in [5.41, 5.74) is 1.83. The van der Waals surface area contributed by atoms with Crippen LogP contribution in [0.15, 0.2) is 54.6 Å². The standard InChI is InChI=1S/C20H21ClN2O3/c21-16-9-4-8-15(12-16)19(14-6-2-1-3-7-14)22-18(24)13-23-11-5-10-17(23)20(25)26/h1-4,6-9,12,17,19H,5,10-11,13H2,(H,22,24)(H,25,26)/t17-,19+/m1/s1. The molecule has 5 nitrogen and oxygen atoms in total. The molecule has 1 aliphatic rings. The topological polar surface area (TPSA) is 69.6 Å². The van der Waals surface area contributed by atoms with Crippen molar-refractivity contribution in [3.05, 3.63) is 70.7 Å². The van der Waals surface area contributed by atoms with Crippen molar-refractivity contribution in [2.24, 2.45) is 0 Å². The third-order valence-electron chi connectivity index (χ3n) is 4.62. The molecule has 1 saturated heterocycles. The van der Waals surface area contributed by atoms with E-state index in [1.54, 1.807) is 11.0 Å². The lowest BCUT2D eigenvalue weighted by Gasteiger charge is -2.24. The monoisotopic (exact) mass is 372 g/mol. The molecule has 0 aromatic heterocycles. The molecule has 1 aliphatic heterocycles. The Balaban J connectivity index is 1.78. The van der Waals surface area contributed by atoms with E-state index in [0.717, 1.165) is 17.5 Å². The summed E-state index contributed by atoms with van der Waals surface area (Å²) < 4.78 is 0. The first-order chi connectivity index (χ1) is 12.5. The molecule has 3 rings (SSSR count). The Bertz CT molecular complexity index is 782. The van der Waals surface area contributed by atoms with Gasteiger partial charge in [-0.15, -0.1) is 0 Å². The highest BCUT2D eigenvalue weighted by Crippen LogP contribution is 2.25. The fourth-order valence-electron chi connectivity index (χ4n) is 3.38. The predicted octanol–water partition coefficient (Wildman–Crippen LogP) is 3.09. The highest BCUT2D eigenvalue weighted by molar-refractivity contribution is 6.30. The second-order valence-electron chi connectivity index (χ2n) is 6.43. The summed E-state index contributed by atoms with van der Waals surface area (Å²) in [4.78, 5) is 25.7. The van der Waals surface area contributed by atoms with Gasteiger partial charge in [-0.3, -0.25) is 14.5 Å². The summed E-state index contributed by atoms with van der Waals surface area (Å²) in [6.07, 6.45) is 1.37. The van der Waals surface area contributed by atoms with E-state index in [1.807, 2.05) is 48.5 Å². The molecule has 2 aromatic rings. The van der Waals surface area contributed by atoms with Crippen LogP contribution >= 0.6 is 11.6 Å². The van der Waals surface area contributed by atoms with Gasteiger partial charge in [0, 0.05) is 5.02 Å². The molecule has 26 heavy (non-hydrogen) atoms. The smallest absolute Gasteiger partial charge is 0.320 e. The summed E-state index contributed by atoms with van der Waals surface area (Å²) in [5, 5.41) is 12.9. The Kier molecular flexibility index (Phi) is 5.91. The zero-order valence-corrected chi connectivity index (χ0v) is 15.0. The van der Waals surface area contributed by atoms with Crippen LogP contribution in [0.2, 0.25) is 5.02 Å². The zero-order valence-electron chi connectivity index (χ0n) is 14.3. The van der Waals surface area contributed by atoms with Crippen LogP contribution in [0.4, 0.5) is 0 Å². The Hall–Kier alpha value is -2.37. The van der Waals surface area contributed by atoms with E-state index < -0.39 is 12.0 Å². The van der Waals surface area contributed by atoms with E-state index >= 15 is 0 Å². The van der Waals surface area contributed by atoms with Gasteiger partial charge in [0.25, 0.3) is 0 Å². The number of halogens is 1. The van der Waals surface area contributed by atoms with E-state index in [9.17, 15) is 14.7 Å². The van der Waals surface area contributed by atoms with Crippen LogP contribution < -0.4 is 5.32 Å². The Morgan fingerprint density at radius 1 is 1.15 bits per heavy atom.